The largest absolute Gasteiger partial charge is 0.375 e. The summed E-state index contributed by atoms with van der Waals surface area (Å²) in [7, 11) is 1.36. The Kier molecular flexibility index (Phi) is 7.20. The van der Waals surface area contributed by atoms with Crippen LogP contribution < -0.4 is 10.6 Å². The molecule has 0 amide bonds. The van der Waals surface area contributed by atoms with E-state index in [-0.39, 0.29) is 52.8 Å². The molecule has 0 fully saturated rings. The molecule has 30 heavy (non-hydrogen) atoms. The average Bonchev–Trinajstić information content (AvgIpc) is 3.11. The molecule has 158 valence electrons. The molecule has 3 rings (SSSR count). The van der Waals surface area contributed by atoms with Gasteiger partial charge in [0.2, 0.25) is 11.9 Å². The van der Waals surface area contributed by atoms with Crippen LogP contribution in [0, 0.1) is 11.6 Å². The van der Waals surface area contributed by atoms with Crippen LogP contribution in [-0.2, 0) is 17.8 Å². The molecule has 0 saturated carbocycles. The minimum absolute atomic E-state index is 0.00737. The minimum Gasteiger partial charge on any atom is -0.375 e. The van der Waals surface area contributed by atoms with Crippen LogP contribution in [0.25, 0.3) is 0 Å². The highest BCUT2D eigenvalue weighted by atomic mass is 35.5. The second-order valence-corrected chi connectivity index (χ2v) is 6.92. The summed E-state index contributed by atoms with van der Waals surface area (Å²) in [5, 5.41) is 10.2. The highest BCUT2D eigenvalue weighted by molar-refractivity contribution is 6.31. The molecule has 3 aromatic rings. The lowest BCUT2D eigenvalue weighted by Crippen LogP contribution is -2.21. The standard InChI is InChI=1S/C19H17Cl2F2N5O2/c1-30-10-17(29)28-19(25-9-12-14(21)5-3-7-16(12)23)26-18(27-28)24-8-11-13(20)4-2-6-15(11)22/h2-7H,8-10H2,1H3,(H2,24,25,26,27). The molecule has 0 aliphatic rings. The summed E-state index contributed by atoms with van der Waals surface area (Å²) < 4.78 is 33.8. The molecule has 0 atom stereocenters. The Hall–Kier alpha value is -2.75. The average molecular weight is 456 g/mol. The van der Waals surface area contributed by atoms with Crippen molar-refractivity contribution < 1.29 is 18.3 Å². The Morgan fingerprint density at radius 3 is 2.13 bits per heavy atom. The Bertz CT molecular complexity index is 1020. The number of hydrogen-bond acceptors (Lipinski definition) is 6. The lowest BCUT2D eigenvalue weighted by atomic mass is 10.2. The van der Waals surface area contributed by atoms with E-state index in [1.165, 1.54) is 31.4 Å². The van der Waals surface area contributed by atoms with Gasteiger partial charge in [-0.3, -0.25) is 4.79 Å². The molecule has 0 unspecified atom stereocenters. The van der Waals surface area contributed by atoms with Gasteiger partial charge >= 0.3 is 0 Å². The minimum atomic E-state index is -0.510. The Morgan fingerprint density at radius 1 is 1.03 bits per heavy atom. The van der Waals surface area contributed by atoms with Crippen LogP contribution in [0.2, 0.25) is 10.0 Å². The fraction of sp³-hybridized carbons (Fsp3) is 0.211. The van der Waals surface area contributed by atoms with E-state index in [2.05, 4.69) is 20.7 Å². The molecule has 0 aliphatic carbocycles. The number of carbonyl (C=O) groups excluding carboxylic acids is 1. The van der Waals surface area contributed by atoms with Gasteiger partial charge in [0.1, 0.15) is 18.2 Å². The number of benzene rings is 2. The third kappa shape index (κ3) is 5.05. The lowest BCUT2D eigenvalue weighted by molar-refractivity contribution is 0.0748. The summed E-state index contributed by atoms with van der Waals surface area (Å²) in [6.07, 6.45) is 0. The van der Waals surface area contributed by atoms with Crippen LogP contribution in [0.1, 0.15) is 15.9 Å². The number of hydrogen-bond donors (Lipinski definition) is 2. The predicted octanol–water partition coefficient (Wildman–Crippen LogP) is 4.37. The van der Waals surface area contributed by atoms with Crippen molar-refractivity contribution in [2.75, 3.05) is 24.4 Å². The molecule has 2 aromatic carbocycles. The van der Waals surface area contributed by atoms with Crippen molar-refractivity contribution in [1.82, 2.24) is 14.8 Å². The van der Waals surface area contributed by atoms with Crippen LogP contribution in [-0.4, -0.2) is 34.4 Å². The first-order valence-corrected chi connectivity index (χ1v) is 9.49. The van der Waals surface area contributed by atoms with E-state index in [0.717, 1.165) is 4.68 Å². The van der Waals surface area contributed by atoms with Crippen LogP contribution in [0.5, 0.6) is 0 Å². The van der Waals surface area contributed by atoms with E-state index in [0.29, 0.717) is 0 Å². The number of rotatable bonds is 8. The molecular formula is C19H17Cl2F2N5O2. The maximum absolute atomic E-state index is 14.0. The second-order valence-electron chi connectivity index (χ2n) is 6.11. The van der Waals surface area contributed by atoms with Gasteiger partial charge in [-0.15, -0.1) is 5.10 Å². The fourth-order valence-corrected chi connectivity index (χ4v) is 3.06. The molecule has 7 nitrogen and oxygen atoms in total. The van der Waals surface area contributed by atoms with Crippen LogP contribution in [0.3, 0.4) is 0 Å². The van der Waals surface area contributed by atoms with Gasteiger partial charge in [0, 0.05) is 41.4 Å². The van der Waals surface area contributed by atoms with Gasteiger partial charge in [0.15, 0.2) is 0 Å². The summed E-state index contributed by atoms with van der Waals surface area (Å²) in [6.45, 7) is -0.299. The van der Waals surface area contributed by atoms with Gasteiger partial charge in [-0.1, -0.05) is 35.3 Å². The molecule has 11 heteroatoms. The molecule has 0 saturated heterocycles. The van der Waals surface area contributed by atoms with Crippen molar-refractivity contribution in [3.8, 4) is 0 Å². The number of carbonyl (C=O) groups is 1. The van der Waals surface area contributed by atoms with E-state index >= 15 is 0 Å². The van der Waals surface area contributed by atoms with Crippen LogP contribution in [0.15, 0.2) is 36.4 Å². The van der Waals surface area contributed by atoms with Crippen molar-refractivity contribution in [3.63, 3.8) is 0 Å². The zero-order valence-corrected chi connectivity index (χ0v) is 17.3. The maximum Gasteiger partial charge on any atom is 0.276 e. The number of nitrogens with one attached hydrogen (secondary N) is 2. The Labute approximate surface area is 181 Å². The highest BCUT2D eigenvalue weighted by Crippen LogP contribution is 2.22. The quantitative estimate of drug-likeness (QED) is 0.524. The molecular weight excluding hydrogens is 439 g/mol. The van der Waals surface area contributed by atoms with Gasteiger partial charge < -0.3 is 15.4 Å². The van der Waals surface area contributed by atoms with Crippen molar-refractivity contribution in [1.29, 1.82) is 0 Å². The zero-order chi connectivity index (χ0) is 21.7. The molecule has 1 heterocycles. The number of halogens is 4. The Balaban J connectivity index is 1.81. The van der Waals surface area contributed by atoms with Gasteiger partial charge in [-0.05, 0) is 24.3 Å². The summed E-state index contributed by atoms with van der Waals surface area (Å²) in [6, 6.07) is 8.64. The van der Waals surface area contributed by atoms with Gasteiger partial charge in [-0.25, -0.2) is 8.78 Å². The van der Waals surface area contributed by atoms with E-state index in [1.807, 2.05) is 0 Å². The number of aromatic nitrogens is 3. The molecule has 0 aliphatic heterocycles. The van der Waals surface area contributed by atoms with Crippen molar-refractivity contribution in [3.05, 3.63) is 69.2 Å². The molecule has 0 bridgehead atoms. The fourth-order valence-electron chi connectivity index (χ4n) is 2.60. The predicted molar refractivity (Wildman–Crippen MR) is 110 cm³/mol. The van der Waals surface area contributed by atoms with Gasteiger partial charge in [-0.2, -0.15) is 9.67 Å². The highest BCUT2D eigenvalue weighted by Gasteiger charge is 2.18. The second kappa shape index (κ2) is 9.84. The third-order valence-corrected chi connectivity index (χ3v) is 4.79. The summed E-state index contributed by atoms with van der Waals surface area (Å²) >= 11 is 12.0. The normalized spacial score (nSPS) is 10.8. The van der Waals surface area contributed by atoms with Crippen molar-refractivity contribution in [2.24, 2.45) is 0 Å². The number of nitrogens with zero attached hydrogens (tertiary/aromatic N) is 3. The summed E-state index contributed by atoms with van der Waals surface area (Å²) in [4.78, 5) is 16.5. The third-order valence-electron chi connectivity index (χ3n) is 4.08. The zero-order valence-electron chi connectivity index (χ0n) is 15.8. The first-order chi connectivity index (χ1) is 14.4. The van der Waals surface area contributed by atoms with Crippen LogP contribution >= 0.6 is 23.2 Å². The van der Waals surface area contributed by atoms with Gasteiger partial charge in [0.05, 0.1) is 0 Å². The smallest absolute Gasteiger partial charge is 0.276 e. The number of methoxy groups -OCH3 is 1. The van der Waals surface area contributed by atoms with Gasteiger partial charge in [0.25, 0.3) is 5.91 Å². The monoisotopic (exact) mass is 455 g/mol. The lowest BCUT2D eigenvalue weighted by Gasteiger charge is -2.08. The van der Waals surface area contributed by atoms with Crippen molar-refractivity contribution >= 4 is 41.0 Å². The maximum atomic E-state index is 14.0. The van der Waals surface area contributed by atoms with Crippen LogP contribution in [0.4, 0.5) is 20.7 Å². The summed E-state index contributed by atoms with van der Waals surface area (Å²) in [5.41, 5.74) is 0.437. The molecule has 0 radical (unpaired) electrons. The van der Waals surface area contributed by atoms with E-state index in [9.17, 15) is 13.6 Å². The van der Waals surface area contributed by atoms with E-state index in [1.54, 1.807) is 12.1 Å². The Morgan fingerprint density at radius 2 is 1.60 bits per heavy atom. The first kappa shape index (κ1) is 21.9. The molecule has 2 N–H and O–H groups in total. The topological polar surface area (TPSA) is 81.1 Å². The number of anilines is 2. The first-order valence-electron chi connectivity index (χ1n) is 8.73. The summed E-state index contributed by atoms with van der Waals surface area (Å²) in [5.74, 6) is -1.42. The SMILES string of the molecule is COCC(=O)n1nc(NCc2c(F)cccc2Cl)nc1NCc1c(F)cccc1Cl. The van der Waals surface area contributed by atoms with Crippen molar-refractivity contribution in [2.45, 2.75) is 13.1 Å². The van der Waals surface area contributed by atoms with E-state index in [4.69, 9.17) is 27.9 Å². The molecule has 0 spiro atoms. The molecule has 1 aromatic heterocycles. The number of ether oxygens (including phenoxy) is 1. The van der Waals surface area contributed by atoms with E-state index < -0.39 is 17.5 Å².